The van der Waals surface area contributed by atoms with Gasteiger partial charge < -0.3 is 10.2 Å². The maximum absolute atomic E-state index is 12.2. The number of pyridine rings is 1. The van der Waals surface area contributed by atoms with Crippen LogP contribution in [0.1, 0.15) is 55.8 Å². The highest BCUT2D eigenvalue weighted by molar-refractivity contribution is 5.94. The van der Waals surface area contributed by atoms with Crippen LogP contribution in [0.5, 0.6) is 0 Å². The van der Waals surface area contributed by atoms with Crippen LogP contribution in [0.2, 0.25) is 0 Å². The fourth-order valence-corrected chi connectivity index (χ4v) is 3.44. The van der Waals surface area contributed by atoms with Gasteiger partial charge in [-0.1, -0.05) is 19.8 Å². The molecule has 1 N–H and O–H groups in total. The van der Waals surface area contributed by atoms with Crippen molar-refractivity contribution in [3.05, 3.63) is 23.9 Å². The van der Waals surface area contributed by atoms with Gasteiger partial charge >= 0.3 is 0 Å². The molecular weight excluding hydrogens is 262 g/mol. The lowest BCUT2D eigenvalue weighted by molar-refractivity contribution is 0.0937. The van der Waals surface area contributed by atoms with E-state index in [0.29, 0.717) is 11.6 Å². The molecule has 1 aromatic rings. The van der Waals surface area contributed by atoms with Crippen molar-refractivity contribution in [1.82, 2.24) is 10.3 Å². The Labute approximate surface area is 126 Å². The van der Waals surface area contributed by atoms with Gasteiger partial charge in [-0.3, -0.25) is 4.79 Å². The minimum Gasteiger partial charge on any atom is -0.356 e. The number of anilines is 1. The first kappa shape index (κ1) is 14.4. The number of hydrogen-bond donors (Lipinski definition) is 1. The molecule has 1 aromatic heterocycles. The molecule has 2 aliphatic rings. The van der Waals surface area contributed by atoms with Gasteiger partial charge in [-0.25, -0.2) is 4.98 Å². The highest BCUT2D eigenvalue weighted by Gasteiger charge is 2.20. The second-order valence-corrected chi connectivity index (χ2v) is 6.55. The zero-order chi connectivity index (χ0) is 14.7. The van der Waals surface area contributed by atoms with E-state index in [4.69, 9.17) is 0 Å². The largest absolute Gasteiger partial charge is 0.356 e. The van der Waals surface area contributed by atoms with Crippen molar-refractivity contribution >= 4 is 11.7 Å². The molecule has 3 rings (SSSR count). The van der Waals surface area contributed by atoms with Crippen LogP contribution in [0, 0.1) is 5.92 Å². The average molecular weight is 287 g/mol. The van der Waals surface area contributed by atoms with Crippen LogP contribution in [-0.2, 0) is 0 Å². The molecule has 21 heavy (non-hydrogen) atoms. The number of nitrogens with zero attached hydrogens (tertiary/aromatic N) is 2. The molecule has 1 amide bonds. The van der Waals surface area contributed by atoms with E-state index in [9.17, 15) is 4.79 Å². The standard InChI is InChI=1S/C17H25N3O/c1-13-5-4-10-20(12-13)16-9-8-14(11-18-16)17(21)19-15-6-2-3-7-15/h8-9,11,13,15H,2-7,10,12H2,1H3,(H,19,21). The van der Waals surface area contributed by atoms with E-state index < -0.39 is 0 Å². The summed E-state index contributed by atoms with van der Waals surface area (Å²) < 4.78 is 0. The third-order valence-electron chi connectivity index (χ3n) is 4.68. The molecule has 1 saturated heterocycles. The summed E-state index contributed by atoms with van der Waals surface area (Å²) in [4.78, 5) is 19.0. The van der Waals surface area contributed by atoms with Gasteiger partial charge in [0.05, 0.1) is 5.56 Å². The zero-order valence-electron chi connectivity index (χ0n) is 12.8. The SMILES string of the molecule is CC1CCCN(c2ccc(C(=O)NC3CCCC3)cn2)C1. The molecule has 2 heterocycles. The van der Waals surface area contributed by atoms with Gasteiger partial charge in [-0.2, -0.15) is 0 Å². The Balaban J connectivity index is 1.61. The van der Waals surface area contributed by atoms with E-state index >= 15 is 0 Å². The van der Waals surface area contributed by atoms with Crippen molar-refractivity contribution in [2.24, 2.45) is 5.92 Å². The third kappa shape index (κ3) is 3.55. The van der Waals surface area contributed by atoms with Crippen LogP contribution in [0.25, 0.3) is 0 Å². The number of carbonyl (C=O) groups excluding carboxylic acids is 1. The van der Waals surface area contributed by atoms with Gasteiger partial charge in [0.25, 0.3) is 5.91 Å². The number of rotatable bonds is 3. The summed E-state index contributed by atoms with van der Waals surface area (Å²) in [7, 11) is 0. The summed E-state index contributed by atoms with van der Waals surface area (Å²) in [5, 5.41) is 3.11. The molecule has 0 bridgehead atoms. The number of aromatic nitrogens is 1. The van der Waals surface area contributed by atoms with E-state index in [2.05, 4.69) is 22.1 Å². The fourth-order valence-electron chi connectivity index (χ4n) is 3.44. The first-order valence-corrected chi connectivity index (χ1v) is 8.24. The minimum atomic E-state index is 0.0213. The molecule has 4 heteroatoms. The van der Waals surface area contributed by atoms with E-state index in [1.165, 1.54) is 25.7 Å². The first-order valence-electron chi connectivity index (χ1n) is 8.24. The minimum absolute atomic E-state index is 0.0213. The first-order chi connectivity index (χ1) is 10.2. The lowest BCUT2D eigenvalue weighted by Gasteiger charge is -2.31. The fraction of sp³-hybridized carbons (Fsp3) is 0.647. The smallest absolute Gasteiger partial charge is 0.253 e. The Kier molecular flexibility index (Phi) is 4.42. The van der Waals surface area contributed by atoms with Crippen LogP contribution in [0.4, 0.5) is 5.82 Å². The number of nitrogens with one attached hydrogen (secondary N) is 1. The molecule has 1 atom stereocenters. The summed E-state index contributed by atoms with van der Waals surface area (Å²) in [5.74, 6) is 1.75. The average Bonchev–Trinajstić information content (AvgIpc) is 3.00. The van der Waals surface area contributed by atoms with Gasteiger partial charge in [-0.05, 0) is 43.7 Å². The number of piperidine rings is 1. The topological polar surface area (TPSA) is 45.2 Å². The summed E-state index contributed by atoms with van der Waals surface area (Å²) >= 11 is 0. The van der Waals surface area contributed by atoms with Crippen LogP contribution in [-0.4, -0.2) is 30.0 Å². The molecule has 1 aliphatic carbocycles. The summed E-state index contributed by atoms with van der Waals surface area (Å²) in [6.45, 7) is 4.43. The van der Waals surface area contributed by atoms with Gasteiger partial charge in [-0.15, -0.1) is 0 Å². The number of hydrogen-bond acceptors (Lipinski definition) is 3. The Morgan fingerprint density at radius 3 is 2.71 bits per heavy atom. The molecule has 0 aromatic carbocycles. The zero-order valence-corrected chi connectivity index (χ0v) is 12.8. The van der Waals surface area contributed by atoms with Gasteiger partial charge in [0.15, 0.2) is 0 Å². The van der Waals surface area contributed by atoms with Crippen molar-refractivity contribution in [3.63, 3.8) is 0 Å². The molecule has 114 valence electrons. The van der Waals surface area contributed by atoms with Gasteiger partial charge in [0.2, 0.25) is 0 Å². The molecular formula is C17H25N3O. The molecule has 0 radical (unpaired) electrons. The van der Waals surface area contributed by atoms with Crippen molar-refractivity contribution in [1.29, 1.82) is 0 Å². The summed E-state index contributed by atoms with van der Waals surface area (Å²) in [6, 6.07) is 4.26. The Morgan fingerprint density at radius 2 is 2.05 bits per heavy atom. The monoisotopic (exact) mass is 287 g/mol. The highest BCUT2D eigenvalue weighted by atomic mass is 16.1. The summed E-state index contributed by atoms with van der Waals surface area (Å²) in [5.41, 5.74) is 0.677. The van der Waals surface area contributed by atoms with Crippen molar-refractivity contribution in [2.75, 3.05) is 18.0 Å². The van der Waals surface area contributed by atoms with Crippen LogP contribution >= 0.6 is 0 Å². The molecule has 1 saturated carbocycles. The van der Waals surface area contributed by atoms with Crippen molar-refractivity contribution < 1.29 is 4.79 Å². The molecule has 0 spiro atoms. The second-order valence-electron chi connectivity index (χ2n) is 6.55. The van der Waals surface area contributed by atoms with E-state index in [-0.39, 0.29) is 5.91 Å². The third-order valence-corrected chi connectivity index (χ3v) is 4.68. The molecule has 4 nitrogen and oxygen atoms in total. The lowest BCUT2D eigenvalue weighted by atomic mass is 10.0. The van der Waals surface area contributed by atoms with Gasteiger partial charge in [0, 0.05) is 25.3 Å². The Bertz CT molecular complexity index is 479. The molecule has 1 unspecified atom stereocenters. The van der Waals surface area contributed by atoms with Crippen molar-refractivity contribution in [3.8, 4) is 0 Å². The van der Waals surface area contributed by atoms with Crippen LogP contribution < -0.4 is 10.2 Å². The van der Waals surface area contributed by atoms with Crippen molar-refractivity contribution in [2.45, 2.75) is 51.5 Å². The Hall–Kier alpha value is -1.58. The number of carbonyl (C=O) groups is 1. The van der Waals surface area contributed by atoms with E-state index in [1.807, 2.05) is 12.1 Å². The second kappa shape index (κ2) is 6.46. The lowest BCUT2D eigenvalue weighted by Crippen LogP contribution is -2.35. The maximum Gasteiger partial charge on any atom is 0.253 e. The number of amides is 1. The maximum atomic E-state index is 12.2. The van der Waals surface area contributed by atoms with E-state index in [1.54, 1.807) is 6.20 Å². The molecule has 2 fully saturated rings. The highest BCUT2D eigenvalue weighted by Crippen LogP contribution is 2.21. The normalized spacial score (nSPS) is 23.3. The predicted octanol–water partition coefficient (Wildman–Crippen LogP) is 2.99. The van der Waals surface area contributed by atoms with Crippen LogP contribution in [0.15, 0.2) is 18.3 Å². The van der Waals surface area contributed by atoms with Gasteiger partial charge in [0.1, 0.15) is 5.82 Å². The quantitative estimate of drug-likeness (QED) is 0.929. The predicted molar refractivity (Wildman–Crippen MR) is 84.6 cm³/mol. The Morgan fingerprint density at radius 1 is 1.24 bits per heavy atom. The summed E-state index contributed by atoms with van der Waals surface area (Å²) in [6.07, 6.45) is 8.94. The van der Waals surface area contributed by atoms with Crippen LogP contribution in [0.3, 0.4) is 0 Å². The molecule has 1 aliphatic heterocycles. The van der Waals surface area contributed by atoms with E-state index in [0.717, 1.165) is 37.7 Å².